The van der Waals surface area contributed by atoms with Gasteiger partial charge in [0.05, 0.1) is 29.8 Å². The molecule has 1 spiro atoms. The summed E-state index contributed by atoms with van der Waals surface area (Å²) in [6, 6.07) is 11.1. The molecule has 0 amide bonds. The zero-order chi connectivity index (χ0) is 23.3. The molecule has 8 heteroatoms. The average Bonchev–Trinajstić information content (AvgIpc) is 3.51. The summed E-state index contributed by atoms with van der Waals surface area (Å²) in [6.07, 6.45) is 6.42. The molecule has 2 saturated carbocycles. The molecule has 176 valence electrons. The molecule has 2 aliphatic carbocycles. The van der Waals surface area contributed by atoms with Crippen LogP contribution in [0.4, 0.5) is 5.82 Å². The van der Waals surface area contributed by atoms with Crippen molar-refractivity contribution in [3.63, 3.8) is 0 Å². The van der Waals surface area contributed by atoms with Crippen molar-refractivity contribution >= 4 is 16.7 Å². The Labute approximate surface area is 200 Å². The van der Waals surface area contributed by atoms with E-state index in [9.17, 15) is 5.26 Å². The maximum atomic E-state index is 10.0. The summed E-state index contributed by atoms with van der Waals surface area (Å²) in [5.74, 6) is 2.45. The van der Waals surface area contributed by atoms with Crippen molar-refractivity contribution in [2.24, 2.45) is 5.41 Å². The van der Waals surface area contributed by atoms with Crippen LogP contribution < -0.4 is 4.90 Å². The Morgan fingerprint density at radius 1 is 1.06 bits per heavy atom. The van der Waals surface area contributed by atoms with Crippen LogP contribution in [-0.2, 0) is 10.2 Å². The third-order valence-corrected chi connectivity index (χ3v) is 7.98. The molecule has 3 aromatic rings. The minimum absolute atomic E-state index is 0.352. The number of methoxy groups -OCH3 is 1. The highest BCUT2D eigenvalue weighted by molar-refractivity contribution is 5.81. The monoisotopic (exact) mass is 457 g/mol. The third kappa shape index (κ3) is 3.64. The summed E-state index contributed by atoms with van der Waals surface area (Å²) in [4.78, 5) is 14.2. The summed E-state index contributed by atoms with van der Waals surface area (Å²) >= 11 is 0. The smallest absolute Gasteiger partial charge is 0.159 e. The maximum absolute atomic E-state index is 10.0. The zero-order valence-corrected chi connectivity index (χ0v) is 20.0. The highest BCUT2D eigenvalue weighted by Crippen LogP contribution is 2.68. The van der Waals surface area contributed by atoms with Crippen LogP contribution in [0.2, 0.25) is 0 Å². The van der Waals surface area contributed by atoms with Gasteiger partial charge >= 0.3 is 0 Å². The molecule has 3 heterocycles. The number of benzene rings is 1. The lowest BCUT2D eigenvalue weighted by Crippen LogP contribution is -2.47. The van der Waals surface area contributed by atoms with Crippen LogP contribution >= 0.6 is 0 Å². The van der Waals surface area contributed by atoms with Crippen LogP contribution in [0.3, 0.4) is 0 Å². The van der Waals surface area contributed by atoms with E-state index in [0.717, 1.165) is 86.1 Å². The van der Waals surface area contributed by atoms with E-state index in [1.165, 1.54) is 12.8 Å². The molecule has 0 bridgehead atoms. The normalized spacial score (nSPS) is 20.9. The lowest BCUT2D eigenvalue weighted by molar-refractivity contribution is 0.144. The van der Waals surface area contributed by atoms with Gasteiger partial charge in [-0.3, -0.25) is 4.90 Å². The fourth-order valence-corrected chi connectivity index (χ4v) is 5.83. The molecule has 3 fully saturated rings. The van der Waals surface area contributed by atoms with Crippen LogP contribution in [0.15, 0.2) is 30.5 Å². The minimum Gasteiger partial charge on any atom is -0.383 e. The van der Waals surface area contributed by atoms with E-state index in [0.29, 0.717) is 5.41 Å². The van der Waals surface area contributed by atoms with Gasteiger partial charge in [-0.05, 0) is 49.7 Å². The molecule has 6 rings (SSSR count). The first-order chi connectivity index (χ1) is 16.5. The predicted molar refractivity (Wildman–Crippen MR) is 130 cm³/mol. The Bertz CT molecular complexity index is 1260. The number of anilines is 1. The van der Waals surface area contributed by atoms with E-state index in [2.05, 4.69) is 39.2 Å². The van der Waals surface area contributed by atoms with Gasteiger partial charge in [0.25, 0.3) is 0 Å². The second-order valence-corrected chi connectivity index (χ2v) is 10.3. The molecule has 0 N–H and O–H groups in total. The van der Waals surface area contributed by atoms with Crippen LogP contribution in [0, 0.1) is 23.7 Å². The van der Waals surface area contributed by atoms with Crippen LogP contribution in [0.5, 0.6) is 0 Å². The average molecular weight is 458 g/mol. The molecule has 34 heavy (non-hydrogen) atoms. The molecular weight excluding hydrogens is 426 g/mol. The molecule has 1 aliphatic heterocycles. The minimum atomic E-state index is -0.352. The first-order valence-electron chi connectivity index (χ1n) is 12.3. The highest BCUT2D eigenvalue weighted by Gasteiger charge is 2.61. The van der Waals surface area contributed by atoms with E-state index >= 15 is 0 Å². The number of nitrogens with zero attached hydrogens (tertiary/aromatic N) is 7. The van der Waals surface area contributed by atoms with E-state index in [4.69, 9.17) is 14.7 Å². The van der Waals surface area contributed by atoms with Crippen LogP contribution in [-0.4, -0.2) is 71.1 Å². The Balaban J connectivity index is 1.29. The first kappa shape index (κ1) is 21.5. The Morgan fingerprint density at radius 2 is 1.82 bits per heavy atom. The van der Waals surface area contributed by atoms with Crippen molar-refractivity contribution in [2.75, 3.05) is 51.3 Å². The number of fused-ring (bicyclic) bond motifs is 1. The quantitative estimate of drug-likeness (QED) is 0.562. The number of hydrogen-bond acceptors (Lipinski definition) is 7. The molecule has 3 aliphatic rings. The second kappa shape index (κ2) is 8.03. The summed E-state index contributed by atoms with van der Waals surface area (Å²) in [5, 5.41) is 15.8. The van der Waals surface area contributed by atoms with Gasteiger partial charge in [0.2, 0.25) is 0 Å². The highest BCUT2D eigenvalue weighted by atomic mass is 16.5. The van der Waals surface area contributed by atoms with Gasteiger partial charge in [-0.2, -0.15) is 10.4 Å². The van der Waals surface area contributed by atoms with Crippen LogP contribution in [0.25, 0.3) is 16.7 Å². The van der Waals surface area contributed by atoms with Gasteiger partial charge in [-0.1, -0.05) is 12.1 Å². The van der Waals surface area contributed by atoms with Gasteiger partial charge in [0.1, 0.15) is 11.6 Å². The fraction of sp³-hybridized carbons (Fsp3) is 0.538. The molecule has 1 aromatic carbocycles. The number of ether oxygens (including phenoxy) is 1. The van der Waals surface area contributed by atoms with Crippen molar-refractivity contribution in [3.8, 4) is 11.9 Å². The Hall–Kier alpha value is -3.02. The van der Waals surface area contributed by atoms with E-state index in [-0.39, 0.29) is 5.41 Å². The van der Waals surface area contributed by atoms with Crippen molar-refractivity contribution in [1.29, 1.82) is 5.26 Å². The van der Waals surface area contributed by atoms with Gasteiger partial charge < -0.3 is 9.64 Å². The Kier molecular flexibility index (Phi) is 5.08. The SMILES string of the molecule is COCCN1CCN(c2cc(-n3ncc4ccc(C5(C#N)CC6(CC6)C5)cc43)nc(C)n2)CC1. The van der Waals surface area contributed by atoms with E-state index in [1.54, 1.807) is 7.11 Å². The van der Waals surface area contributed by atoms with Crippen molar-refractivity contribution in [3.05, 3.63) is 41.9 Å². The lowest BCUT2D eigenvalue weighted by Gasteiger charge is -2.44. The van der Waals surface area contributed by atoms with Crippen molar-refractivity contribution in [2.45, 2.75) is 38.0 Å². The van der Waals surface area contributed by atoms with Gasteiger partial charge in [0.15, 0.2) is 5.82 Å². The van der Waals surface area contributed by atoms with Crippen molar-refractivity contribution in [1.82, 2.24) is 24.6 Å². The van der Waals surface area contributed by atoms with Crippen LogP contribution in [0.1, 0.15) is 37.1 Å². The van der Waals surface area contributed by atoms with Gasteiger partial charge in [-0.15, -0.1) is 0 Å². The van der Waals surface area contributed by atoms with E-state index in [1.807, 2.05) is 23.9 Å². The molecule has 0 atom stereocenters. The topological polar surface area (TPSA) is 83.1 Å². The molecular formula is C26H31N7O. The standard InChI is InChI=1S/C26H31N7O/c1-19-29-23(32-9-7-31(8-10-32)11-12-34-2)14-24(30-19)33-22-13-21(4-3-20(22)15-28-33)26(18-27)16-25(17-26)5-6-25/h3-4,13-15H,5-12,16-17H2,1-2H3. The fourth-order valence-electron chi connectivity index (χ4n) is 5.83. The van der Waals surface area contributed by atoms with Crippen molar-refractivity contribution < 1.29 is 4.74 Å². The Morgan fingerprint density at radius 3 is 2.53 bits per heavy atom. The predicted octanol–water partition coefficient (Wildman–Crippen LogP) is 3.23. The van der Waals surface area contributed by atoms with Gasteiger partial charge in [0, 0.05) is 51.3 Å². The largest absolute Gasteiger partial charge is 0.383 e. The zero-order valence-electron chi connectivity index (χ0n) is 20.0. The lowest BCUT2D eigenvalue weighted by atomic mass is 9.57. The number of hydrogen-bond donors (Lipinski definition) is 0. The third-order valence-electron chi connectivity index (χ3n) is 7.98. The second-order valence-electron chi connectivity index (χ2n) is 10.3. The van der Waals surface area contributed by atoms with E-state index < -0.39 is 0 Å². The number of aryl methyl sites for hydroxylation is 1. The van der Waals surface area contributed by atoms with Gasteiger partial charge in [-0.25, -0.2) is 14.6 Å². The number of aromatic nitrogens is 4. The molecule has 0 unspecified atom stereocenters. The molecule has 1 saturated heterocycles. The molecule has 8 nitrogen and oxygen atoms in total. The molecule has 0 radical (unpaired) electrons. The summed E-state index contributed by atoms with van der Waals surface area (Å²) < 4.78 is 7.13. The number of nitriles is 1. The molecule has 2 aromatic heterocycles. The summed E-state index contributed by atoms with van der Waals surface area (Å²) in [6.45, 7) is 7.50. The number of piperazine rings is 1. The summed E-state index contributed by atoms with van der Waals surface area (Å²) in [7, 11) is 1.75. The number of rotatable bonds is 6. The summed E-state index contributed by atoms with van der Waals surface area (Å²) in [5.41, 5.74) is 2.21. The maximum Gasteiger partial charge on any atom is 0.159 e. The first-order valence-corrected chi connectivity index (χ1v) is 12.3.